The van der Waals surface area contributed by atoms with E-state index >= 15 is 0 Å². The maximum Gasteiger partial charge on any atom is 0.338 e. The van der Waals surface area contributed by atoms with Crippen LogP contribution in [0.2, 0.25) is 0 Å². The number of carbonyl (C=O) groups excluding carboxylic acids is 1. The first-order valence-corrected chi connectivity index (χ1v) is 7.77. The van der Waals surface area contributed by atoms with Crippen LogP contribution in [0.15, 0.2) is 66.7 Å². The van der Waals surface area contributed by atoms with Crippen molar-refractivity contribution in [2.45, 2.75) is 6.61 Å². The second kappa shape index (κ2) is 7.48. The monoisotopic (exact) mass is 352 g/mol. The molecule has 0 aliphatic rings. The Morgan fingerprint density at radius 1 is 0.808 bits per heavy atom. The second-order valence-corrected chi connectivity index (χ2v) is 5.50. The van der Waals surface area contributed by atoms with Crippen LogP contribution < -0.4 is 4.74 Å². The highest BCUT2D eigenvalue weighted by molar-refractivity contribution is 5.91. The fourth-order valence-corrected chi connectivity index (χ4v) is 2.28. The number of esters is 1. The molecule has 3 aromatic carbocycles. The normalized spacial score (nSPS) is 10.3. The molecule has 0 bridgehead atoms. The van der Waals surface area contributed by atoms with E-state index in [0.717, 1.165) is 12.1 Å². The van der Waals surface area contributed by atoms with Crippen LogP contribution in [0, 0.1) is 0 Å². The van der Waals surface area contributed by atoms with Crippen molar-refractivity contribution in [2.24, 2.45) is 0 Å². The first-order valence-electron chi connectivity index (χ1n) is 7.77. The Morgan fingerprint density at radius 3 is 2.15 bits per heavy atom. The van der Waals surface area contributed by atoms with Crippen LogP contribution >= 0.6 is 0 Å². The van der Waals surface area contributed by atoms with Gasteiger partial charge in [0.25, 0.3) is 0 Å². The standard InChI is InChI=1S/C20H16O6/c21-17-10-14(11-18(22)19(17)23)20(24)25-12-13-5-4-8-16(9-13)26-15-6-2-1-3-7-15/h1-11,21-23H,12H2. The van der Waals surface area contributed by atoms with Gasteiger partial charge in [-0.2, -0.15) is 0 Å². The van der Waals surface area contributed by atoms with Gasteiger partial charge in [0.1, 0.15) is 18.1 Å². The van der Waals surface area contributed by atoms with Gasteiger partial charge in [0.05, 0.1) is 5.56 Å². The SMILES string of the molecule is O=C(OCc1cccc(Oc2ccccc2)c1)c1cc(O)c(O)c(O)c1. The smallest absolute Gasteiger partial charge is 0.338 e. The second-order valence-electron chi connectivity index (χ2n) is 5.50. The van der Waals surface area contributed by atoms with Gasteiger partial charge in [0.15, 0.2) is 17.2 Å². The number of carbonyl (C=O) groups is 1. The highest BCUT2D eigenvalue weighted by atomic mass is 16.5. The van der Waals surface area contributed by atoms with Gasteiger partial charge >= 0.3 is 5.97 Å². The summed E-state index contributed by atoms with van der Waals surface area (Å²) in [6.45, 7) is -0.0206. The van der Waals surface area contributed by atoms with Gasteiger partial charge < -0.3 is 24.8 Å². The minimum Gasteiger partial charge on any atom is -0.504 e. The van der Waals surface area contributed by atoms with E-state index in [1.807, 2.05) is 30.3 Å². The predicted molar refractivity (Wildman–Crippen MR) is 93.5 cm³/mol. The molecule has 3 aromatic rings. The first-order chi connectivity index (χ1) is 12.5. The van der Waals surface area contributed by atoms with Crippen LogP contribution in [0.5, 0.6) is 28.7 Å². The number of para-hydroxylation sites is 1. The van der Waals surface area contributed by atoms with Crippen molar-refractivity contribution in [1.29, 1.82) is 0 Å². The van der Waals surface area contributed by atoms with E-state index in [1.165, 1.54) is 0 Å². The molecule has 0 unspecified atom stereocenters. The van der Waals surface area contributed by atoms with Gasteiger partial charge in [-0.3, -0.25) is 0 Å². The zero-order chi connectivity index (χ0) is 18.5. The number of ether oxygens (including phenoxy) is 2. The van der Waals surface area contributed by atoms with Crippen molar-refractivity contribution in [3.63, 3.8) is 0 Å². The minimum absolute atomic E-state index is 0.0206. The Morgan fingerprint density at radius 2 is 1.46 bits per heavy atom. The van der Waals surface area contributed by atoms with Crippen molar-refractivity contribution in [2.75, 3.05) is 0 Å². The molecular weight excluding hydrogens is 336 g/mol. The first kappa shape index (κ1) is 17.2. The maximum atomic E-state index is 12.1. The lowest BCUT2D eigenvalue weighted by molar-refractivity contribution is 0.0471. The van der Waals surface area contributed by atoms with Gasteiger partial charge in [-0.05, 0) is 42.0 Å². The van der Waals surface area contributed by atoms with Gasteiger partial charge in [-0.15, -0.1) is 0 Å². The summed E-state index contributed by atoms with van der Waals surface area (Å²) in [5.41, 5.74) is 0.633. The third kappa shape index (κ3) is 4.05. The van der Waals surface area contributed by atoms with E-state index in [9.17, 15) is 20.1 Å². The summed E-state index contributed by atoms with van der Waals surface area (Å²) in [5, 5.41) is 28.2. The number of phenols is 3. The quantitative estimate of drug-likeness (QED) is 0.475. The molecule has 0 saturated carbocycles. The molecule has 3 N–H and O–H groups in total. The molecule has 132 valence electrons. The summed E-state index contributed by atoms with van der Waals surface area (Å²) in [6.07, 6.45) is 0. The molecule has 6 heteroatoms. The number of benzene rings is 3. The molecule has 3 rings (SSSR count). The Bertz CT molecular complexity index is 898. The van der Waals surface area contributed by atoms with Crippen molar-refractivity contribution in [3.05, 3.63) is 77.9 Å². The van der Waals surface area contributed by atoms with Gasteiger partial charge in [0.2, 0.25) is 0 Å². The molecule has 0 aliphatic carbocycles. The highest BCUT2D eigenvalue weighted by Gasteiger charge is 2.14. The Hall–Kier alpha value is -3.67. The summed E-state index contributed by atoms with van der Waals surface area (Å²) in [4.78, 5) is 12.1. The molecule has 0 saturated heterocycles. The molecule has 0 spiro atoms. The maximum absolute atomic E-state index is 12.1. The van der Waals surface area contributed by atoms with Crippen LogP contribution in [0.3, 0.4) is 0 Å². The molecule has 0 atom stereocenters. The van der Waals surface area contributed by atoms with Crippen molar-refractivity contribution in [3.8, 4) is 28.7 Å². The molecular formula is C20H16O6. The van der Waals surface area contributed by atoms with E-state index in [0.29, 0.717) is 17.1 Å². The van der Waals surface area contributed by atoms with E-state index < -0.39 is 23.2 Å². The Kier molecular flexibility index (Phi) is 4.94. The predicted octanol–water partition coefficient (Wildman–Crippen LogP) is 3.95. The lowest BCUT2D eigenvalue weighted by Crippen LogP contribution is -2.05. The van der Waals surface area contributed by atoms with Crippen molar-refractivity contribution < 1.29 is 29.6 Å². The van der Waals surface area contributed by atoms with E-state index in [1.54, 1.807) is 24.3 Å². The summed E-state index contributed by atoms with van der Waals surface area (Å²) in [5.74, 6) is -1.34. The zero-order valence-electron chi connectivity index (χ0n) is 13.6. The van der Waals surface area contributed by atoms with Crippen LogP contribution in [0.1, 0.15) is 15.9 Å². The topological polar surface area (TPSA) is 96.2 Å². The van der Waals surface area contributed by atoms with Gasteiger partial charge in [0, 0.05) is 0 Å². The van der Waals surface area contributed by atoms with Crippen molar-refractivity contribution >= 4 is 5.97 Å². The van der Waals surface area contributed by atoms with Gasteiger partial charge in [-0.25, -0.2) is 4.79 Å². The summed E-state index contributed by atoms with van der Waals surface area (Å²) < 4.78 is 10.9. The van der Waals surface area contributed by atoms with Gasteiger partial charge in [-0.1, -0.05) is 30.3 Å². The Labute approximate surface area is 149 Å². The molecule has 0 aromatic heterocycles. The number of hydrogen-bond acceptors (Lipinski definition) is 6. The third-order valence-corrected chi connectivity index (χ3v) is 3.55. The fourth-order valence-electron chi connectivity index (χ4n) is 2.28. The van der Waals surface area contributed by atoms with E-state index in [4.69, 9.17) is 9.47 Å². The molecule has 0 amide bonds. The highest BCUT2D eigenvalue weighted by Crippen LogP contribution is 2.35. The molecule has 26 heavy (non-hydrogen) atoms. The summed E-state index contributed by atoms with van der Waals surface area (Å²) in [7, 11) is 0. The number of aromatic hydroxyl groups is 3. The summed E-state index contributed by atoms with van der Waals surface area (Å²) >= 11 is 0. The lowest BCUT2D eigenvalue weighted by atomic mass is 10.2. The molecule has 0 radical (unpaired) electrons. The number of rotatable bonds is 5. The van der Waals surface area contributed by atoms with Crippen LogP contribution in [0.4, 0.5) is 0 Å². The average Bonchev–Trinajstić information content (AvgIpc) is 2.65. The van der Waals surface area contributed by atoms with Crippen LogP contribution in [-0.2, 0) is 11.3 Å². The summed E-state index contributed by atoms with van der Waals surface area (Å²) in [6, 6.07) is 18.4. The molecule has 0 heterocycles. The largest absolute Gasteiger partial charge is 0.504 e. The number of hydrogen-bond donors (Lipinski definition) is 3. The molecule has 0 fully saturated rings. The number of phenolic OH excluding ortho intramolecular Hbond substituents is 3. The average molecular weight is 352 g/mol. The third-order valence-electron chi connectivity index (χ3n) is 3.55. The lowest BCUT2D eigenvalue weighted by Gasteiger charge is -2.09. The fraction of sp³-hybridized carbons (Fsp3) is 0.0500. The zero-order valence-corrected chi connectivity index (χ0v) is 13.6. The van der Waals surface area contributed by atoms with E-state index in [-0.39, 0.29) is 12.2 Å². The molecule has 6 nitrogen and oxygen atoms in total. The van der Waals surface area contributed by atoms with Crippen molar-refractivity contribution in [1.82, 2.24) is 0 Å². The van der Waals surface area contributed by atoms with E-state index in [2.05, 4.69) is 0 Å². The Balaban J connectivity index is 1.66. The van der Waals surface area contributed by atoms with Crippen LogP contribution in [-0.4, -0.2) is 21.3 Å². The van der Waals surface area contributed by atoms with Crippen LogP contribution in [0.25, 0.3) is 0 Å². The minimum atomic E-state index is -0.745. The molecule has 0 aliphatic heterocycles.